The zero-order valence-corrected chi connectivity index (χ0v) is 21.4. The molecule has 0 spiro atoms. The number of benzene rings is 1. The van der Waals surface area contributed by atoms with Gasteiger partial charge in [0, 0.05) is 41.0 Å². The van der Waals surface area contributed by atoms with Crippen molar-refractivity contribution >= 4 is 29.0 Å². The number of carbonyl (C=O) groups excluding carboxylic acids is 1. The first-order chi connectivity index (χ1) is 17.5. The Morgan fingerprint density at radius 3 is 2.57 bits per heavy atom. The number of nitrogens with zero attached hydrogens (tertiary/aromatic N) is 3. The predicted octanol–water partition coefficient (Wildman–Crippen LogP) is 5.27. The molecule has 0 aliphatic heterocycles. The van der Waals surface area contributed by atoms with Gasteiger partial charge in [0.05, 0.1) is 11.3 Å². The lowest BCUT2D eigenvalue weighted by atomic mass is 9.82. The molecule has 1 fully saturated rings. The summed E-state index contributed by atoms with van der Waals surface area (Å²) in [5.74, 6) is -0.475. The molecule has 0 radical (unpaired) electrons. The second-order valence-corrected chi connectivity index (χ2v) is 10.7. The summed E-state index contributed by atoms with van der Waals surface area (Å²) < 4.78 is 1.81. The minimum atomic E-state index is -0.931. The van der Waals surface area contributed by atoms with E-state index in [1.54, 1.807) is 30.5 Å². The molecule has 1 aliphatic rings. The Bertz CT molecular complexity index is 1320. The number of amides is 1. The molecule has 1 atom stereocenters. The smallest absolute Gasteiger partial charge is 0.305 e. The third-order valence-corrected chi connectivity index (χ3v) is 6.64. The van der Waals surface area contributed by atoms with Gasteiger partial charge in [-0.1, -0.05) is 31.4 Å². The topological polar surface area (TPSA) is 139 Å². The van der Waals surface area contributed by atoms with Crippen molar-refractivity contribution in [1.82, 2.24) is 14.7 Å². The summed E-state index contributed by atoms with van der Waals surface area (Å²) in [6.07, 6.45) is 6.66. The highest BCUT2D eigenvalue weighted by atomic mass is 16.6. The number of hydrogen-bond acceptors (Lipinski definition) is 6. The number of nitro groups is 1. The minimum Gasteiger partial charge on any atom is -0.481 e. The van der Waals surface area contributed by atoms with Crippen LogP contribution in [0.5, 0.6) is 0 Å². The Balaban J connectivity index is 1.70. The fraction of sp³-hybridized carbons (Fsp3) is 0.444. The van der Waals surface area contributed by atoms with E-state index in [2.05, 4.69) is 10.6 Å². The van der Waals surface area contributed by atoms with Crippen molar-refractivity contribution in [2.75, 3.05) is 5.32 Å². The molecule has 196 valence electrons. The Labute approximate surface area is 215 Å². The molecule has 3 N–H and O–H groups in total. The van der Waals surface area contributed by atoms with Crippen LogP contribution >= 0.6 is 0 Å². The van der Waals surface area contributed by atoms with E-state index in [0.717, 1.165) is 32.1 Å². The summed E-state index contributed by atoms with van der Waals surface area (Å²) >= 11 is 0. The van der Waals surface area contributed by atoms with Crippen molar-refractivity contribution in [2.24, 2.45) is 5.92 Å². The van der Waals surface area contributed by atoms with E-state index >= 15 is 0 Å². The van der Waals surface area contributed by atoms with E-state index in [-0.39, 0.29) is 29.5 Å². The van der Waals surface area contributed by atoms with Gasteiger partial charge in [-0.05, 0) is 51.7 Å². The number of pyridine rings is 1. The normalized spacial score (nSPS) is 15.3. The second-order valence-electron chi connectivity index (χ2n) is 10.7. The number of nitrogens with one attached hydrogen (secondary N) is 2. The van der Waals surface area contributed by atoms with Gasteiger partial charge < -0.3 is 15.7 Å². The summed E-state index contributed by atoms with van der Waals surface area (Å²) in [6, 6.07) is 9.18. The number of anilines is 1. The number of fused-ring (bicyclic) bond motifs is 1. The zero-order valence-electron chi connectivity index (χ0n) is 21.4. The maximum absolute atomic E-state index is 13.2. The van der Waals surface area contributed by atoms with Crippen molar-refractivity contribution in [1.29, 1.82) is 0 Å². The van der Waals surface area contributed by atoms with Gasteiger partial charge in [0.15, 0.2) is 0 Å². The van der Waals surface area contributed by atoms with E-state index < -0.39 is 16.9 Å². The monoisotopic (exact) mass is 507 g/mol. The molecule has 0 saturated heterocycles. The predicted molar refractivity (Wildman–Crippen MR) is 141 cm³/mol. The summed E-state index contributed by atoms with van der Waals surface area (Å²) in [4.78, 5) is 40.3. The molecule has 1 saturated carbocycles. The van der Waals surface area contributed by atoms with Crippen molar-refractivity contribution < 1.29 is 19.6 Å². The number of nitro benzene ring substituents is 1. The van der Waals surface area contributed by atoms with Crippen LogP contribution < -0.4 is 10.6 Å². The first kappa shape index (κ1) is 26.1. The van der Waals surface area contributed by atoms with E-state index in [9.17, 15) is 24.8 Å². The first-order valence-electron chi connectivity index (χ1n) is 12.6. The highest BCUT2D eigenvalue weighted by Crippen LogP contribution is 2.33. The molecule has 10 heteroatoms. The number of imidazole rings is 1. The lowest BCUT2D eigenvalue weighted by Crippen LogP contribution is -2.42. The average molecular weight is 508 g/mol. The van der Waals surface area contributed by atoms with Crippen molar-refractivity contribution in [3.05, 3.63) is 58.3 Å². The lowest BCUT2D eigenvalue weighted by molar-refractivity contribution is -0.384. The van der Waals surface area contributed by atoms with Crippen molar-refractivity contribution in [3.8, 4) is 11.3 Å². The highest BCUT2D eigenvalue weighted by molar-refractivity contribution is 5.96. The number of aromatic nitrogens is 2. The van der Waals surface area contributed by atoms with Gasteiger partial charge in [-0.25, -0.2) is 4.98 Å². The molecule has 1 aromatic carbocycles. The van der Waals surface area contributed by atoms with Crippen LogP contribution in [0.3, 0.4) is 0 Å². The Hall–Kier alpha value is -3.95. The first-order valence-corrected chi connectivity index (χ1v) is 12.6. The second kappa shape index (κ2) is 10.6. The number of hydrogen-bond donors (Lipinski definition) is 3. The molecular formula is C27H33N5O5. The van der Waals surface area contributed by atoms with Crippen molar-refractivity contribution in [3.63, 3.8) is 0 Å². The van der Waals surface area contributed by atoms with Crippen LogP contribution in [0.2, 0.25) is 0 Å². The maximum atomic E-state index is 13.2. The van der Waals surface area contributed by atoms with Crippen LogP contribution in [0.25, 0.3) is 16.9 Å². The molecule has 1 amide bonds. The molecule has 0 bridgehead atoms. The number of rotatable bonds is 8. The molecule has 4 rings (SSSR count). The molecular weight excluding hydrogens is 474 g/mol. The van der Waals surface area contributed by atoms with Crippen molar-refractivity contribution in [2.45, 2.75) is 70.9 Å². The standard InChI is InChI=1S/C27H33N5O5/c1-27(2,3)30-25-24(18-10-7-11-20(14-18)32(36)37)29-22-15-19(12-13-31(22)25)26(35)28-21(16-23(33)34)17-8-5-4-6-9-17/h7,10-15,17,21,30H,4-6,8-9,16H2,1-3H3,(H,28,35)(H,33,34). The fourth-order valence-electron chi connectivity index (χ4n) is 4.94. The Morgan fingerprint density at radius 2 is 1.92 bits per heavy atom. The van der Waals surface area contributed by atoms with Gasteiger partial charge in [-0.2, -0.15) is 0 Å². The lowest BCUT2D eigenvalue weighted by Gasteiger charge is -2.30. The Morgan fingerprint density at radius 1 is 1.19 bits per heavy atom. The van der Waals surface area contributed by atoms with Crippen LogP contribution in [0.15, 0.2) is 42.6 Å². The highest BCUT2D eigenvalue weighted by Gasteiger charge is 2.28. The Kier molecular flexibility index (Phi) is 7.47. The fourth-order valence-corrected chi connectivity index (χ4v) is 4.94. The zero-order chi connectivity index (χ0) is 26.7. The number of non-ortho nitro benzene ring substituents is 1. The van der Waals surface area contributed by atoms with E-state index in [1.165, 1.54) is 12.1 Å². The van der Waals surface area contributed by atoms with E-state index in [4.69, 9.17) is 4.98 Å². The number of aliphatic carboxylic acids is 1. The van der Waals surface area contributed by atoms with Gasteiger partial charge in [-0.3, -0.25) is 24.1 Å². The molecule has 3 aromatic rings. The largest absolute Gasteiger partial charge is 0.481 e. The molecule has 1 unspecified atom stereocenters. The minimum absolute atomic E-state index is 0.0384. The molecule has 2 heterocycles. The number of carboxylic acid groups (broad SMARTS) is 1. The SMILES string of the molecule is CC(C)(C)Nc1c(-c2cccc([N+](=O)[O-])c2)nc2cc(C(=O)NC(CC(=O)O)C3CCCCC3)ccn12. The van der Waals surface area contributed by atoms with Crippen LogP contribution in [0.1, 0.15) is 69.7 Å². The van der Waals surface area contributed by atoms with Crippen LogP contribution in [-0.2, 0) is 4.79 Å². The summed E-state index contributed by atoms with van der Waals surface area (Å²) in [5, 5.41) is 27.1. The van der Waals surface area contributed by atoms with Gasteiger partial charge >= 0.3 is 5.97 Å². The quantitative estimate of drug-likeness (QED) is 0.279. The van der Waals surface area contributed by atoms with Crippen LogP contribution in [0, 0.1) is 16.0 Å². The van der Waals surface area contributed by atoms with Gasteiger partial charge in [-0.15, -0.1) is 0 Å². The third kappa shape index (κ3) is 6.25. The molecule has 2 aromatic heterocycles. The maximum Gasteiger partial charge on any atom is 0.305 e. The summed E-state index contributed by atoms with van der Waals surface area (Å²) in [7, 11) is 0. The molecule has 10 nitrogen and oxygen atoms in total. The number of carbonyl (C=O) groups is 2. The number of carboxylic acids is 1. The van der Waals surface area contributed by atoms with E-state index in [1.807, 2.05) is 25.2 Å². The van der Waals surface area contributed by atoms with E-state index in [0.29, 0.717) is 28.3 Å². The van der Waals surface area contributed by atoms with Crippen LogP contribution in [0.4, 0.5) is 11.5 Å². The third-order valence-electron chi connectivity index (χ3n) is 6.64. The molecule has 1 aliphatic carbocycles. The average Bonchev–Trinajstić information content (AvgIpc) is 3.20. The molecule has 37 heavy (non-hydrogen) atoms. The summed E-state index contributed by atoms with van der Waals surface area (Å²) in [5.41, 5.74) is 1.61. The van der Waals surface area contributed by atoms with Gasteiger partial charge in [0.2, 0.25) is 0 Å². The van der Waals surface area contributed by atoms with Gasteiger partial charge in [0.25, 0.3) is 11.6 Å². The summed E-state index contributed by atoms with van der Waals surface area (Å²) in [6.45, 7) is 6.00. The van der Waals surface area contributed by atoms with Crippen LogP contribution in [-0.4, -0.2) is 42.9 Å². The van der Waals surface area contributed by atoms with Gasteiger partial charge in [0.1, 0.15) is 17.2 Å².